The lowest BCUT2D eigenvalue weighted by Crippen LogP contribution is -2.42. The number of halogens is 1. The summed E-state index contributed by atoms with van der Waals surface area (Å²) in [6.45, 7) is 0.753. The number of nitrogens with zero attached hydrogens (tertiary/aromatic N) is 2. The van der Waals surface area contributed by atoms with Gasteiger partial charge in [-0.15, -0.1) is 0 Å². The summed E-state index contributed by atoms with van der Waals surface area (Å²) in [4.78, 5) is 27.8. The minimum Gasteiger partial charge on any atom is -0.324 e. The normalized spacial score (nSPS) is 14.1. The summed E-state index contributed by atoms with van der Waals surface area (Å²) < 4.78 is 14.0. The molecule has 4 nitrogen and oxygen atoms in total. The lowest BCUT2D eigenvalue weighted by Gasteiger charge is -2.28. The minimum absolute atomic E-state index is 0.00278. The Hall–Kier alpha value is -2.69. The van der Waals surface area contributed by atoms with Crippen LogP contribution in [0.4, 0.5) is 10.1 Å². The van der Waals surface area contributed by atoms with Gasteiger partial charge in [-0.3, -0.25) is 14.5 Å². The van der Waals surface area contributed by atoms with Crippen molar-refractivity contribution in [3.63, 3.8) is 0 Å². The van der Waals surface area contributed by atoms with Gasteiger partial charge in [-0.2, -0.15) is 0 Å². The van der Waals surface area contributed by atoms with Crippen LogP contribution < -0.4 is 4.90 Å². The topological polar surface area (TPSA) is 40.6 Å². The van der Waals surface area contributed by atoms with Crippen LogP contribution in [-0.4, -0.2) is 29.9 Å². The van der Waals surface area contributed by atoms with E-state index in [0.717, 1.165) is 6.42 Å². The lowest BCUT2D eigenvalue weighted by molar-refractivity contribution is -0.127. The smallest absolute Gasteiger partial charge is 0.262 e. The number of amides is 2. The van der Waals surface area contributed by atoms with Crippen LogP contribution in [0.2, 0.25) is 0 Å². The standard InChI is InChI=1S/C18H17FN2O2/c19-16-10-5-4-9-15(16)18(23)21(14-7-2-1-3-8-14)13-20-12-6-11-17(20)22/h1-5,7-10H,6,11-13H2. The fourth-order valence-electron chi connectivity index (χ4n) is 2.68. The average Bonchev–Trinajstić information content (AvgIpc) is 2.98. The molecule has 3 rings (SSSR count). The van der Waals surface area contributed by atoms with Crippen LogP contribution >= 0.6 is 0 Å². The van der Waals surface area contributed by atoms with Crippen LogP contribution in [0.3, 0.4) is 0 Å². The van der Waals surface area contributed by atoms with Gasteiger partial charge in [0.05, 0.1) is 5.56 Å². The van der Waals surface area contributed by atoms with Crippen LogP contribution in [0.1, 0.15) is 23.2 Å². The van der Waals surface area contributed by atoms with Crippen molar-refractivity contribution in [3.8, 4) is 0 Å². The molecule has 2 amide bonds. The number of carbonyl (C=O) groups is 2. The molecule has 0 saturated carbocycles. The second kappa shape index (κ2) is 6.60. The van der Waals surface area contributed by atoms with E-state index in [4.69, 9.17) is 0 Å². The Labute approximate surface area is 134 Å². The molecule has 1 heterocycles. The summed E-state index contributed by atoms with van der Waals surface area (Å²) in [5, 5.41) is 0. The molecular formula is C18H17FN2O2. The Balaban J connectivity index is 1.93. The molecule has 5 heteroatoms. The van der Waals surface area contributed by atoms with Crippen LogP contribution in [0, 0.1) is 5.82 Å². The maximum absolute atomic E-state index is 14.0. The summed E-state index contributed by atoms with van der Waals surface area (Å²) in [6, 6.07) is 14.9. The van der Waals surface area contributed by atoms with E-state index in [-0.39, 0.29) is 18.1 Å². The van der Waals surface area contributed by atoms with Crippen molar-refractivity contribution in [1.82, 2.24) is 4.90 Å². The first-order chi connectivity index (χ1) is 11.2. The number of para-hydroxylation sites is 1. The molecule has 23 heavy (non-hydrogen) atoms. The van der Waals surface area contributed by atoms with Gasteiger partial charge in [-0.1, -0.05) is 30.3 Å². The van der Waals surface area contributed by atoms with Crippen molar-refractivity contribution in [2.24, 2.45) is 0 Å². The van der Waals surface area contributed by atoms with Gasteiger partial charge in [-0.05, 0) is 30.7 Å². The van der Waals surface area contributed by atoms with E-state index in [1.165, 1.54) is 17.0 Å². The first kappa shape index (κ1) is 15.2. The zero-order valence-electron chi connectivity index (χ0n) is 12.6. The second-order valence-corrected chi connectivity index (χ2v) is 5.45. The molecule has 118 valence electrons. The highest BCUT2D eigenvalue weighted by atomic mass is 19.1. The van der Waals surface area contributed by atoms with Gasteiger partial charge >= 0.3 is 0 Å². The highest BCUT2D eigenvalue weighted by molar-refractivity contribution is 6.06. The number of hydrogen-bond donors (Lipinski definition) is 0. The molecule has 2 aromatic carbocycles. The number of benzene rings is 2. The molecule has 0 aliphatic carbocycles. The Morgan fingerprint density at radius 2 is 1.78 bits per heavy atom. The predicted molar refractivity (Wildman–Crippen MR) is 85.5 cm³/mol. The third kappa shape index (κ3) is 3.23. The average molecular weight is 312 g/mol. The second-order valence-electron chi connectivity index (χ2n) is 5.45. The van der Waals surface area contributed by atoms with Gasteiger partial charge < -0.3 is 4.90 Å². The summed E-state index contributed by atoms with van der Waals surface area (Å²) in [5.41, 5.74) is 0.642. The fourth-order valence-corrected chi connectivity index (χ4v) is 2.68. The van der Waals surface area contributed by atoms with Gasteiger partial charge in [-0.25, -0.2) is 4.39 Å². The van der Waals surface area contributed by atoms with Crippen LogP contribution in [0.5, 0.6) is 0 Å². The quantitative estimate of drug-likeness (QED) is 0.870. The molecule has 0 N–H and O–H groups in total. The molecule has 1 aliphatic heterocycles. The molecule has 1 aliphatic rings. The zero-order valence-corrected chi connectivity index (χ0v) is 12.6. The van der Waals surface area contributed by atoms with Crippen molar-refractivity contribution in [2.75, 3.05) is 18.1 Å². The van der Waals surface area contributed by atoms with Crippen LogP contribution in [-0.2, 0) is 4.79 Å². The Morgan fingerprint density at radius 1 is 1.09 bits per heavy atom. The van der Waals surface area contributed by atoms with Gasteiger partial charge in [0.1, 0.15) is 12.5 Å². The van der Waals surface area contributed by atoms with E-state index in [0.29, 0.717) is 18.7 Å². The van der Waals surface area contributed by atoms with Crippen LogP contribution in [0.25, 0.3) is 0 Å². The summed E-state index contributed by atoms with van der Waals surface area (Å²) in [5.74, 6) is -0.993. The monoisotopic (exact) mass is 312 g/mol. The van der Waals surface area contributed by atoms with Crippen molar-refractivity contribution in [3.05, 3.63) is 66.0 Å². The number of hydrogen-bond acceptors (Lipinski definition) is 2. The van der Waals surface area contributed by atoms with Crippen molar-refractivity contribution in [2.45, 2.75) is 12.8 Å². The van der Waals surface area contributed by atoms with Crippen LogP contribution in [0.15, 0.2) is 54.6 Å². The number of rotatable bonds is 4. The zero-order chi connectivity index (χ0) is 16.2. The molecular weight excluding hydrogens is 295 g/mol. The SMILES string of the molecule is O=C1CCCN1CN(C(=O)c1ccccc1F)c1ccccc1. The molecule has 1 fully saturated rings. The van der Waals surface area contributed by atoms with Crippen molar-refractivity contribution in [1.29, 1.82) is 0 Å². The molecule has 0 atom stereocenters. The molecule has 0 unspecified atom stereocenters. The minimum atomic E-state index is -0.564. The van der Waals surface area contributed by atoms with Crippen molar-refractivity contribution < 1.29 is 14.0 Å². The molecule has 2 aromatic rings. The van der Waals surface area contributed by atoms with E-state index in [1.807, 2.05) is 18.2 Å². The maximum atomic E-state index is 14.0. The van der Waals surface area contributed by atoms with E-state index in [2.05, 4.69) is 0 Å². The van der Waals surface area contributed by atoms with Gasteiger partial charge in [0, 0.05) is 18.7 Å². The van der Waals surface area contributed by atoms with E-state index >= 15 is 0 Å². The Kier molecular flexibility index (Phi) is 4.37. The third-order valence-corrected chi connectivity index (χ3v) is 3.90. The predicted octanol–water partition coefficient (Wildman–Crippen LogP) is 3.05. The molecule has 0 bridgehead atoms. The van der Waals surface area contributed by atoms with Gasteiger partial charge in [0.15, 0.2) is 0 Å². The summed E-state index contributed by atoms with van der Waals surface area (Å²) in [7, 11) is 0. The number of anilines is 1. The molecule has 1 saturated heterocycles. The third-order valence-electron chi connectivity index (χ3n) is 3.90. The fraction of sp³-hybridized carbons (Fsp3) is 0.222. The summed E-state index contributed by atoms with van der Waals surface area (Å²) >= 11 is 0. The van der Waals surface area contributed by atoms with Gasteiger partial charge in [0.25, 0.3) is 5.91 Å². The van der Waals surface area contributed by atoms with Crippen molar-refractivity contribution >= 4 is 17.5 Å². The summed E-state index contributed by atoms with van der Waals surface area (Å²) in [6.07, 6.45) is 1.28. The van der Waals surface area contributed by atoms with E-state index in [1.54, 1.807) is 29.2 Å². The van der Waals surface area contributed by atoms with Gasteiger partial charge in [0.2, 0.25) is 5.91 Å². The molecule has 0 aromatic heterocycles. The lowest BCUT2D eigenvalue weighted by atomic mass is 10.1. The first-order valence-electron chi connectivity index (χ1n) is 7.56. The number of carbonyl (C=O) groups excluding carboxylic acids is 2. The molecule has 0 radical (unpaired) electrons. The Morgan fingerprint density at radius 3 is 2.43 bits per heavy atom. The highest BCUT2D eigenvalue weighted by Gasteiger charge is 2.27. The largest absolute Gasteiger partial charge is 0.324 e. The molecule has 0 spiro atoms. The maximum Gasteiger partial charge on any atom is 0.262 e. The van der Waals surface area contributed by atoms with E-state index in [9.17, 15) is 14.0 Å². The van der Waals surface area contributed by atoms with E-state index < -0.39 is 11.7 Å². The highest BCUT2D eigenvalue weighted by Crippen LogP contribution is 2.21. The number of likely N-dealkylation sites (tertiary alicyclic amines) is 1. The Bertz CT molecular complexity index is 718. The first-order valence-corrected chi connectivity index (χ1v) is 7.56.